The molecule has 0 saturated heterocycles. The molecule has 0 fully saturated rings. The lowest BCUT2D eigenvalue weighted by Crippen LogP contribution is -2.40. The van der Waals surface area contributed by atoms with Gasteiger partial charge in [0.15, 0.2) is 0 Å². The van der Waals surface area contributed by atoms with Gasteiger partial charge in [-0.1, -0.05) is 42.5 Å². The van der Waals surface area contributed by atoms with E-state index in [9.17, 15) is 19.2 Å². The predicted molar refractivity (Wildman–Crippen MR) is 116 cm³/mol. The first-order chi connectivity index (χ1) is 15.4. The monoisotopic (exact) mass is 438 g/mol. The molecule has 3 rings (SSSR count). The van der Waals surface area contributed by atoms with Crippen molar-refractivity contribution in [3.05, 3.63) is 71.3 Å². The molecule has 1 heterocycles. The molecular formula is C24H26N2O6. The van der Waals surface area contributed by atoms with Gasteiger partial charge in [-0.05, 0) is 30.5 Å². The van der Waals surface area contributed by atoms with Gasteiger partial charge in [-0.3, -0.25) is 19.3 Å². The Bertz CT molecular complexity index is 956. The lowest BCUT2D eigenvalue weighted by Gasteiger charge is -2.27. The van der Waals surface area contributed by atoms with Crippen molar-refractivity contribution in [2.45, 2.75) is 31.9 Å². The van der Waals surface area contributed by atoms with Gasteiger partial charge in [0.1, 0.15) is 6.61 Å². The molecule has 0 aliphatic carbocycles. The van der Waals surface area contributed by atoms with Gasteiger partial charge in [-0.15, -0.1) is 0 Å². The number of amides is 3. The molecule has 3 amide bonds. The first-order valence-corrected chi connectivity index (χ1v) is 10.4. The number of hydrogen-bond donors (Lipinski definition) is 0. The molecule has 2 aromatic carbocycles. The number of fused-ring (bicyclic) bond motifs is 1. The van der Waals surface area contributed by atoms with Gasteiger partial charge >= 0.3 is 12.1 Å². The Morgan fingerprint density at radius 3 is 2.16 bits per heavy atom. The van der Waals surface area contributed by atoms with Crippen LogP contribution in [0.5, 0.6) is 0 Å². The van der Waals surface area contributed by atoms with Crippen LogP contribution in [0.4, 0.5) is 4.79 Å². The highest BCUT2D eigenvalue weighted by atomic mass is 16.6. The second-order valence-corrected chi connectivity index (χ2v) is 7.53. The SMILES string of the molecule is COC(=O)C[C@H](CCCN1C(=O)c2ccccc2C1=O)N(C)C(=O)OCc1ccccc1. The van der Waals surface area contributed by atoms with Crippen molar-refractivity contribution in [3.63, 3.8) is 0 Å². The maximum Gasteiger partial charge on any atom is 0.410 e. The zero-order chi connectivity index (χ0) is 23.1. The van der Waals surface area contributed by atoms with Crippen LogP contribution in [0.2, 0.25) is 0 Å². The van der Waals surface area contributed by atoms with Crippen LogP contribution in [0.15, 0.2) is 54.6 Å². The molecule has 0 saturated carbocycles. The minimum absolute atomic E-state index is 0.0183. The number of imide groups is 1. The van der Waals surface area contributed by atoms with Gasteiger partial charge in [-0.25, -0.2) is 4.79 Å². The van der Waals surface area contributed by atoms with Gasteiger partial charge in [0.25, 0.3) is 11.8 Å². The lowest BCUT2D eigenvalue weighted by molar-refractivity contribution is -0.141. The van der Waals surface area contributed by atoms with Crippen molar-refractivity contribution < 1.29 is 28.7 Å². The second kappa shape index (κ2) is 10.6. The lowest BCUT2D eigenvalue weighted by atomic mass is 10.1. The fourth-order valence-corrected chi connectivity index (χ4v) is 3.61. The van der Waals surface area contributed by atoms with Crippen molar-refractivity contribution in [2.75, 3.05) is 20.7 Å². The van der Waals surface area contributed by atoms with Crippen LogP contribution in [0, 0.1) is 0 Å². The van der Waals surface area contributed by atoms with Crippen LogP contribution in [0.25, 0.3) is 0 Å². The quantitative estimate of drug-likeness (QED) is 0.441. The number of benzene rings is 2. The van der Waals surface area contributed by atoms with Gasteiger partial charge in [0.05, 0.1) is 24.7 Å². The van der Waals surface area contributed by atoms with Gasteiger partial charge in [0.2, 0.25) is 0 Å². The van der Waals surface area contributed by atoms with E-state index < -0.39 is 18.1 Å². The summed E-state index contributed by atoms with van der Waals surface area (Å²) in [5.74, 6) is -1.12. The van der Waals surface area contributed by atoms with Crippen LogP contribution >= 0.6 is 0 Å². The minimum atomic E-state index is -0.566. The molecule has 168 valence electrons. The molecule has 0 N–H and O–H groups in total. The summed E-state index contributed by atoms with van der Waals surface area (Å²) < 4.78 is 10.1. The normalized spacial score (nSPS) is 13.5. The van der Waals surface area contributed by atoms with Crippen LogP contribution in [0.1, 0.15) is 45.5 Å². The molecule has 0 bridgehead atoms. The third-order valence-corrected chi connectivity index (χ3v) is 5.47. The van der Waals surface area contributed by atoms with E-state index >= 15 is 0 Å². The third kappa shape index (κ3) is 5.32. The van der Waals surface area contributed by atoms with Crippen molar-refractivity contribution in [3.8, 4) is 0 Å². The third-order valence-electron chi connectivity index (χ3n) is 5.47. The van der Waals surface area contributed by atoms with Gasteiger partial charge in [-0.2, -0.15) is 0 Å². The van der Waals surface area contributed by atoms with Crippen molar-refractivity contribution in [1.82, 2.24) is 9.80 Å². The summed E-state index contributed by atoms with van der Waals surface area (Å²) in [6.07, 6.45) is 0.224. The molecule has 2 aromatic rings. The van der Waals surface area contributed by atoms with E-state index in [4.69, 9.17) is 9.47 Å². The predicted octanol–water partition coefficient (Wildman–Crippen LogP) is 3.26. The van der Waals surface area contributed by atoms with Crippen LogP contribution in [0.3, 0.4) is 0 Å². The molecular weight excluding hydrogens is 412 g/mol. The topological polar surface area (TPSA) is 93.2 Å². The Morgan fingerprint density at radius 1 is 0.969 bits per heavy atom. The van der Waals surface area contributed by atoms with Crippen molar-refractivity contribution >= 4 is 23.9 Å². The Labute approximate surface area is 186 Å². The first kappa shape index (κ1) is 23.0. The fourth-order valence-electron chi connectivity index (χ4n) is 3.61. The van der Waals surface area contributed by atoms with Crippen molar-refractivity contribution in [1.29, 1.82) is 0 Å². The van der Waals surface area contributed by atoms with Crippen molar-refractivity contribution in [2.24, 2.45) is 0 Å². The molecule has 0 unspecified atom stereocenters. The highest BCUT2D eigenvalue weighted by Gasteiger charge is 2.35. The largest absolute Gasteiger partial charge is 0.469 e. The highest BCUT2D eigenvalue weighted by molar-refractivity contribution is 6.21. The molecule has 8 heteroatoms. The fraction of sp³-hybridized carbons (Fsp3) is 0.333. The van der Waals surface area contributed by atoms with Crippen LogP contribution in [-0.2, 0) is 20.9 Å². The first-order valence-electron chi connectivity index (χ1n) is 10.4. The summed E-state index contributed by atoms with van der Waals surface area (Å²) in [5, 5.41) is 0. The average molecular weight is 438 g/mol. The highest BCUT2D eigenvalue weighted by Crippen LogP contribution is 2.23. The molecule has 32 heavy (non-hydrogen) atoms. The summed E-state index contributed by atoms with van der Waals surface area (Å²) in [4.78, 5) is 52.0. The molecule has 0 radical (unpaired) electrons. The Balaban J connectivity index is 1.58. The second-order valence-electron chi connectivity index (χ2n) is 7.53. The van der Waals surface area contributed by atoms with E-state index in [1.165, 1.54) is 16.9 Å². The molecule has 1 atom stereocenters. The van der Waals surface area contributed by atoms with Crippen LogP contribution in [-0.4, -0.2) is 60.4 Å². The summed E-state index contributed by atoms with van der Waals surface area (Å²) in [5.41, 5.74) is 1.64. The summed E-state index contributed by atoms with van der Waals surface area (Å²) in [6, 6.07) is 15.5. The number of esters is 1. The Kier molecular flexibility index (Phi) is 7.59. The molecule has 0 aromatic heterocycles. The number of carbonyl (C=O) groups excluding carboxylic acids is 4. The Morgan fingerprint density at radius 2 is 1.56 bits per heavy atom. The van der Waals surface area contributed by atoms with E-state index in [1.54, 1.807) is 31.3 Å². The van der Waals surface area contributed by atoms with E-state index in [2.05, 4.69) is 0 Å². The summed E-state index contributed by atoms with van der Waals surface area (Å²) in [6.45, 7) is 0.306. The zero-order valence-corrected chi connectivity index (χ0v) is 18.2. The standard InChI is InChI=1S/C24H26N2O6/c1-25(24(30)32-16-17-9-4-3-5-10-17)18(15-21(27)31-2)11-8-14-26-22(28)19-12-6-7-13-20(19)23(26)29/h3-7,9-10,12-13,18H,8,11,14-16H2,1-2H3/t18-/m0/s1. The average Bonchev–Trinajstić information content (AvgIpc) is 3.06. The molecule has 1 aliphatic rings. The van der Waals surface area contributed by atoms with Gasteiger partial charge < -0.3 is 14.4 Å². The molecule has 1 aliphatic heterocycles. The number of hydrogen-bond acceptors (Lipinski definition) is 6. The van der Waals surface area contributed by atoms with Crippen LogP contribution < -0.4 is 0 Å². The number of methoxy groups -OCH3 is 1. The number of rotatable bonds is 9. The van der Waals surface area contributed by atoms with E-state index in [0.717, 1.165) is 5.56 Å². The minimum Gasteiger partial charge on any atom is -0.469 e. The van der Waals surface area contributed by atoms with E-state index in [1.807, 2.05) is 30.3 Å². The van der Waals surface area contributed by atoms with Gasteiger partial charge in [0, 0.05) is 19.6 Å². The summed E-state index contributed by atoms with van der Waals surface area (Å²) >= 11 is 0. The zero-order valence-electron chi connectivity index (χ0n) is 18.2. The number of ether oxygens (including phenoxy) is 2. The summed E-state index contributed by atoms with van der Waals surface area (Å²) in [7, 11) is 2.84. The maximum atomic E-state index is 12.5. The van der Waals surface area contributed by atoms with E-state index in [-0.39, 0.29) is 31.4 Å². The number of nitrogens with zero attached hydrogens (tertiary/aromatic N) is 2. The van der Waals surface area contributed by atoms with E-state index in [0.29, 0.717) is 24.0 Å². The Hall–Kier alpha value is -3.68. The smallest absolute Gasteiger partial charge is 0.410 e. The maximum absolute atomic E-state index is 12.5. The molecule has 0 spiro atoms. The number of carbonyl (C=O) groups is 4. The molecule has 8 nitrogen and oxygen atoms in total.